The first-order valence-corrected chi connectivity index (χ1v) is 10.7. The zero-order chi connectivity index (χ0) is 21.8. The van der Waals surface area contributed by atoms with Crippen LogP contribution in [-0.4, -0.2) is 29.1 Å². The van der Waals surface area contributed by atoms with Crippen LogP contribution >= 0.6 is 0 Å². The number of para-hydroxylation sites is 1. The summed E-state index contributed by atoms with van der Waals surface area (Å²) in [5.41, 5.74) is 9.20. The zero-order valence-electron chi connectivity index (χ0n) is 17.7. The van der Waals surface area contributed by atoms with Crippen molar-refractivity contribution in [2.75, 3.05) is 18.8 Å². The van der Waals surface area contributed by atoms with Crippen LogP contribution in [0.25, 0.3) is 11.1 Å². The fraction of sp³-hybridized carbons (Fsp3) is 0.148. The standard InChI is InChI=1S/C27H25N3O2/c28-27-16-22(14-15-29-27)21-8-12-25(13-9-21)32-26-18-30(19-26)17-20-6-10-24(11-7-20)31-23-4-2-1-3-5-23/h1-16,26H,17-19H2,(H2,28,29). The molecule has 32 heavy (non-hydrogen) atoms. The van der Waals surface area contributed by atoms with E-state index in [-0.39, 0.29) is 6.10 Å². The molecule has 1 fully saturated rings. The van der Waals surface area contributed by atoms with E-state index < -0.39 is 0 Å². The van der Waals surface area contributed by atoms with Gasteiger partial charge in [0.05, 0.1) is 0 Å². The van der Waals surface area contributed by atoms with Crippen molar-refractivity contribution in [2.24, 2.45) is 0 Å². The van der Waals surface area contributed by atoms with E-state index in [2.05, 4.69) is 34.1 Å². The number of nitrogens with two attached hydrogens (primary N) is 1. The fourth-order valence-corrected chi connectivity index (χ4v) is 3.82. The van der Waals surface area contributed by atoms with Crippen LogP contribution in [0.1, 0.15) is 5.56 Å². The predicted octanol–water partition coefficient (Wildman–Crippen LogP) is 5.39. The molecule has 0 radical (unpaired) electrons. The summed E-state index contributed by atoms with van der Waals surface area (Å²) >= 11 is 0. The lowest BCUT2D eigenvalue weighted by molar-refractivity contribution is 0.0146. The number of hydrogen-bond acceptors (Lipinski definition) is 5. The second-order valence-corrected chi connectivity index (χ2v) is 7.99. The molecule has 0 saturated carbocycles. The van der Waals surface area contributed by atoms with Gasteiger partial charge < -0.3 is 15.2 Å². The van der Waals surface area contributed by atoms with Crippen LogP contribution in [-0.2, 0) is 6.54 Å². The second kappa shape index (κ2) is 9.12. The number of nitrogens with zero attached hydrogens (tertiary/aromatic N) is 2. The van der Waals surface area contributed by atoms with Gasteiger partial charge in [0, 0.05) is 25.8 Å². The number of hydrogen-bond donors (Lipinski definition) is 1. The lowest BCUT2D eigenvalue weighted by atomic mass is 10.1. The van der Waals surface area contributed by atoms with Gasteiger partial charge in [-0.2, -0.15) is 0 Å². The molecular weight excluding hydrogens is 398 g/mol. The number of nitrogen functional groups attached to an aromatic ring is 1. The summed E-state index contributed by atoms with van der Waals surface area (Å²) in [5.74, 6) is 3.11. The Morgan fingerprint density at radius 2 is 1.47 bits per heavy atom. The number of benzene rings is 3. The molecule has 1 aliphatic heterocycles. The quantitative estimate of drug-likeness (QED) is 0.432. The molecule has 0 amide bonds. The van der Waals surface area contributed by atoms with Crippen LogP contribution in [0.5, 0.6) is 17.2 Å². The molecule has 0 unspecified atom stereocenters. The molecule has 3 aromatic carbocycles. The number of rotatable bonds is 7. The van der Waals surface area contributed by atoms with Gasteiger partial charge in [-0.3, -0.25) is 4.90 Å². The molecule has 0 aliphatic carbocycles. The predicted molar refractivity (Wildman–Crippen MR) is 127 cm³/mol. The van der Waals surface area contributed by atoms with E-state index >= 15 is 0 Å². The Morgan fingerprint density at radius 3 is 2.19 bits per heavy atom. The first-order valence-electron chi connectivity index (χ1n) is 10.7. The van der Waals surface area contributed by atoms with Crippen LogP contribution in [0.4, 0.5) is 5.82 Å². The third kappa shape index (κ3) is 4.90. The molecule has 0 atom stereocenters. The SMILES string of the molecule is Nc1cc(-c2ccc(OC3CN(Cc4ccc(Oc5ccccc5)cc4)C3)cc2)ccn1. The third-order valence-electron chi connectivity index (χ3n) is 5.50. The summed E-state index contributed by atoms with van der Waals surface area (Å²) < 4.78 is 12.0. The van der Waals surface area contributed by atoms with Gasteiger partial charge in [0.2, 0.25) is 0 Å². The highest BCUT2D eigenvalue weighted by Crippen LogP contribution is 2.26. The molecule has 160 valence electrons. The van der Waals surface area contributed by atoms with E-state index in [9.17, 15) is 0 Å². The lowest BCUT2D eigenvalue weighted by Crippen LogP contribution is -2.53. The molecule has 2 N–H and O–H groups in total. The monoisotopic (exact) mass is 423 g/mol. The van der Waals surface area contributed by atoms with Gasteiger partial charge in [0.1, 0.15) is 29.2 Å². The minimum Gasteiger partial charge on any atom is -0.488 e. The number of pyridine rings is 1. The van der Waals surface area contributed by atoms with E-state index in [0.29, 0.717) is 5.82 Å². The summed E-state index contributed by atoms with van der Waals surface area (Å²) in [6.07, 6.45) is 1.94. The molecule has 1 saturated heterocycles. The largest absolute Gasteiger partial charge is 0.488 e. The Hall–Kier alpha value is -3.83. The highest BCUT2D eigenvalue weighted by molar-refractivity contribution is 5.66. The van der Waals surface area contributed by atoms with E-state index in [1.54, 1.807) is 6.20 Å². The Kier molecular flexibility index (Phi) is 5.73. The van der Waals surface area contributed by atoms with Gasteiger partial charge in [0.15, 0.2) is 0 Å². The van der Waals surface area contributed by atoms with Crippen molar-refractivity contribution in [2.45, 2.75) is 12.6 Å². The van der Waals surface area contributed by atoms with Crippen LogP contribution in [0.2, 0.25) is 0 Å². The minimum absolute atomic E-state index is 0.220. The first kappa shape index (κ1) is 20.1. The van der Waals surface area contributed by atoms with Crippen molar-refractivity contribution in [1.82, 2.24) is 9.88 Å². The lowest BCUT2D eigenvalue weighted by Gasteiger charge is -2.39. The Balaban J connectivity index is 1.09. The maximum absolute atomic E-state index is 6.12. The van der Waals surface area contributed by atoms with Crippen LogP contribution in [0.3, 0.4) is 0 Å². The Labute approximate surface area is 188 Å². The van der Waals surface area contributed by atoms with Crippen LogP contribution < -0.4 is 15.2 Å². The summed E-state index contributed by atoms with van der Waals surface area (Å²) in [7, 11) is 0. The van der Waals surface area contributed by atoms with Gasteiger partial charge in [-0.15, -0.1) is 0 Å². The van der Waals surface area contributed by atoms with Gasteiger partial charge in [-0.05, 0) is 65.2 Å². The summed E-state index contributed by atoms with van der Waals surface area (Å²) in [5, 5.41) is 0. The van der Waals surface area contributed by atoms with Crippen molar-refractivity contribution in [3.63, 3.8) is 0 Å². The molecule has 1 aliphatic rings. The fourth-order valence-electron chi connectivity index (χ4n) is 3.82. The maximum Gasteiger partial charge on any atom is 0.127 e. The summed E-state index contributed by atoms with van der Waals surface area (Å²) in [6, 6.07) is 30.1. The highest BCUT2D eigenvalue weighted by Gasteiger charge is 2.28. The number of aromatic nitrogens is 1. The normalized spacial score (nSPS) is 14.0. The minimum atomic E-state index is 0.220. The average Bonchev–Trinajstić information content (AvgIpc) is 2.80. The highest BCUT2D eigenvalue weighted by atomic mass is 16.5. The Bertz CT molecular complexity index is 1160. The molecular formula is C27H25N3O2. The maximum atomic E-state index is 6.12. The molecule has 0 spiro atoms. The topological polar surface area (TPSA) is 60.6 Å². The van der Waals surface area contributed by atoms with E-state index in [0.717, 1.165) is 48.0 Å². The van der Waals surface area contributed by atoms with Gasteiger partial charge in [0.25, 0.3) is 0 Å². The van der Waals surface area contributed by atoms with Gasteiger partial charge in [-0.1, -0.05) is 42.5 Å². The van der Waals surface area contributed by atoms with Crippen molar-refractivity contribution < 1.29 is 9.47 Å². The van der Waals surface area contributed by atoms with Crippen LogP contribution in [0, 0.1) is 0 Å². The van der Waals surface area contributed by atoms with Gasteiger partial charge in [-0.25, -0.2) is 4.98 Å². The van der Waals surface area contributed by atoms with E-state index in [4.69, 9.17) is 15.2 Å². The number of likely N-dealkylation sites (tertiary alicyclic amines) is 1. The third-order valence-corrected chi connectivity index (χ3v) is 5.50. The summed E-state index contributed by atoms with van der Waals surface area (Å²) in [6.45, 7) is 2.75. The second-order valence-electron chi connectivity index (χ2n) is 7.99. The molecule has 5 rings (SSSR count). The average molecular weight is 424 g/mol. The molecule has 5 heteroatoms. The number of anilines is 1. The molecule has 4 aromatic rings. The smallest absolute Gasteiger partial charge is 0.127 e. The van der Waals surface area contributed by atoms with Gasteiger partial charge >= 0.3 is 0 Å². The van der Waals surface area contributed by atoms with Crippen molar-refractivity contribution in [3.05, 3.63) is 103 Å². The molecule has 1 aromatic heterocycles. The summed E-state index contributed by atoms with van der Waals surface area (Å²) in [4.78, 5) is 6.42. The molecule has 0 bridgehead atoms. The first-order chi connectivity index (χ1) is 15.7. The van der Waals surface area contributed by atoms with Crippen molar-refractivity contribution in [1.29, 1.82) is 0 Å². The Morgan fingerprint density at radius 1 is 0.781 bits per heavy atom. The van der Waals surface area contributed by atoms with Crippen molar-refractivity contribution >= 4 is 5.82 Å². The number of ether oxygens (including phenoxy) is 2. The van der Waals surface area contributed by atoms with E-state index in [1.807, 2.05) is 66.7 Å². The van der Waals surface area contributed by atoms with Crippen LogP contribution in [0.15, 0.2) is 97.2 Å². The molecule has 5 nitrogen and oxygen atoms in total. The zero-order valence-corrected chi connectivity index (χ0v) is 17.7. The molecule has 2 heterocycles. The van der Waals surface area contributed by atoms with E-state index in [1.165, 1.54) is 5.56 Å². The van der Waals surface area contributed by atoms with Crippen molar-refractivity contribution in [3.8, 4) is 28.4 Å².